The molecule has 0 aliphatic carbocycles. The van der Waals surface area contributed by atoms with Crippen molar-refractivity contribution in [3.63, 3.8) is 0 Å². The van der Waals surface area contributed by atoms with E-state index in [-0.39, 0.29) is 25.4 Å². The third kappa shape index (κ3) is 8.06. The molecule has 0 saturated carbocycles. The number of halogens is 2. The molecule has 7 nitrogen and oxygen atoms in total. The number of hydrogen-bond acceptors (Lipinski definition) is 4. The number of carboxylic acid groups (broad SMARTS) is 2. The van der Waals surface area contributed by atoms with Crippen LogP contribution >= 0.6 is 0 Å². The van der Waals surface area contributed by atoms with E-state index >= 15 is 0 Å². The summed E-state index contributed by atoms with van der Waals surface area (Å²) in [6.45, 7) is 2.07. The van der Waals surface area contributed by atoms with Crippen molar-refractivity contribution < 1.29 is 38.1 Å². The second-order valence-corrected chi connectivity index (χ2v) is 9.64. The maximum absolute atomic E-state index is 14.7. The minimum Gasteiger partial charge on any atom is -0.490 e. The van der Waals surface area contributed by atoms with Crippen LogP contribution in [0.3, 0.4) is 0 Å². The number of aryl methyl sites for hydroxylation is 1. The quantitative estimate of drug-likeness (QED) is 0.125. The Labute approximate surface area is 241 Å². The molecule has 4 rings (SSSR count). The highest BCUT2D eigenvalue weighted by Crippen LogP contribution is 2.32. The molecule has 0 saturated heterocycles. The predicted molar refractivity (Wildman–Crippen MR) is 157 cm³/mol. The van der Waals surface area contributed by atoms with Gasteiger partial charge in [-0.05, 0) is 79.4 Å². The van der Waals surface area contributed by atoms with Crippen molar-refractivity contribution in [1.29, 1.82) is 0 Å². The molecule has 0 amide bonds. The van der Waals surface area contributed by atoms with E-state index in [1.807, 2.05) is 12.1 Å². The van der Waals surface area contributed by atoms with Gasteiger partial charge in [-0.2, -0.15) is 0 Å². The highest BCUT2D eigenvalue weighted by Gasteiger charge is 2.19. The molecule has 9 heteroatoms. The highest BCUT2D eigenvalue weighted by molar-refractivity contribution is 5.95. The van der Waals surface area contributed by atoms with Gasteiger partial charge in [-0.3, -0.25) is 9.59 Å². The normalized spacial score (nSPS) is 11.5. The number of rotatable bonds is 14. The van der Waals surface area contributed by atoms with Crippen LogP contribution in [0.15, 0.2) is 72.8 Å². The topological polar surface area (TPSA) is 98.0 Å². The largest absolute Gasteiger partial charge is 0.490 e. The summed E-state index contributed by atoms with van der Waals surface area (Å²) >= 11 is 0. The third-order valence-corrected chi connectivity index (χ3v) is 6.64. The Morgan fingerprint density at radius 2 is 1.57 bits per heavy atom. The number of fused-ring (bicyclic) bond motifs is 1. The number of carbonyl (C=O) groups is 2. The number of benzene rings is 3. The Hall–Kier alpha value is -4.92. The molecular formula is C33H31F2NO6. The number of aromatic nitrogens is 1. The van der Waals surface area contributed by atoms with Gasteiger partial charge >= 0.3 is 11.9 Å². The zero-order chi connectivity index (χ0) is 30.1. The average Bonchev–Trinajstić information content (AvgIpc) is 3.19. The van der Waals surface area contributed by atoms with Crippen molar-refractivity contribution in [3.8, 4) is 11.5 Å². The van der Waals surface area contributed by atoms with E-state index in [9.17, 15) is 23.5 Å². The number of hydrogen-bond donors (Lipinski definition) is 2. The van der Waals surface area contributed by atoms with Gasteiger partial charge in [0.1, 0.15) is 42.9 Å². The van der Waals surface area contributed by atoms with E-state index < -0.39 is 17.8 Å². The van der Waals surface area contributed by atoms with Gasteiger partial charge in [0.25, 0.3) is 0 Å². The van der Waals surface area contributed by atoms with Gasteiger partial charge in [-0.25, -0.2) is 8.78 Å². The second kappa shape index (κ2) is 14.1. The zero-order valence-electron chi connectivity index (χ0n) is 23.1. The van der Waals surface area contributed by atoms with Gasteiger partial charge in [0.05, 0.1) is 5.52 Å². The Bertz CT molecular complexity index is 1620. The molecule has 0 aliphatic rings. The summed E-state index contributed by atoms with van der Waals surface area (Å²) in [5, 5.41) is 19.1. The van der Waals surface area contributed by atoms with Gasteiger partial charge in [0, 0.05) is 29.1 Å². The van der Waals surface area contributed by atoms with Crippen molar-refractivity contribution in [2.75, 3.05) is 13.2 Å². The van der Waals surface area contributed by atoms with Crippen LogP contribution in [0.1, 0.15) is 35.2 Å². The summed E-state index contributed by atoms with van der Waals surface area (Å²) in [7, 11) is 0. The summed E-state index contributed by atoms with van der Waals surface area (Å²) < 4.78 is 40.7. The van der Waals surface area contributed by atoms with E-state index in [1.165, 1.54) is 24.3 Å². The first-order valence-electron chi connectivity index (χ1n) is 13.4. The number of aliphatic carboxylic acids is 2. The molecule has 0 atom stereocenters. The molecule has 1 heterocycles. The maximum Gasteiger partial charge on any atom is 0.323 e. The lowest BCUT2D eigenvalue weighted by molar-refractivity contribution is -0.138. The molecule has 0 spiro atoms. The molecule has 3 aromatic carbocycles. The van der Waals surface area contributed by atoms with Crippen LogP contribution in [0.5, 0.6) is 11.5 Å². The lowest BCUT2D eigenvalue weighted by atomic mass is 10.0. The predicted octanol–water partition coefficient (Wildman–Crippen LogP) is 6.90. The van der Waals surface area contributed by atoms with Crippen molar-refractivity contribution >= 4 is 35.0 Å². The fourth-order valence-corrected chi connectivity index (χ4v) is 4.71. The van der Waals surface area contributed by atoms with Crippen molar-refractivity contribution in [2.45, 2.75) is 32.7 Å². The lowest BCUT2D eigenvalue weighted by Gasteiger charge is -2.08. The van der Waals surface area contributed by atoms with Crippen LogP contribution in [0, 0.1) is 18.6 Å². The van der Waals surface area contributed by atoms with Crippen molar-refractivity contribution in [1.82, 2.24) is 4.57 Å². The Balaban J connectivity index is 1.45. The van der Waals surface area contributed by atoms with Gasteiger partial charge in [0.2, 0.25) is 0 Å². The van der Waals surface area contributed by atoms with Crippen LogP contribution in [0.25, 0.3) is 23.1 Å². The maximum atomic E-state index is 14.7. The molecule has 2 N–H and O–H groups in total. The van der Waals surface area contributed by atoms with Gasteiger partial charge in [0.15, 0.2) is 0 Å². The van der Waals surface area contributed by atoms with Crippen molar-refractivity contribution in [3.05, 3.63) is 107 Å². The number of nitrogens with zero attached hydrogens (tertiary/aromatic N) is 1. The van der Waals surface area contributed by atoms with Gasteiger partial charge in [-0.15, -0.1) is 0 Å². The fraction of sp³-hybridized carbons (Fsp3) is 0.212. The van der Waals surface area contributed by atoms with E-state index in [2.05, 4.69) is 0 Å². The summed E-state index contributed by atoms with van der Waals surface area (Å²) in [5.74, 6) is -1.68. The molecule has 0 bridgehead atoms. The fourth-order valence-electron chi connectivity index (χ4n) is 4.71. The van der Waals surface area contributed by atoms with Crippen molar-refractivity contribution in [2.24, 2.45) is 0 Å². The monoisotopic (exact) mass is 575 g/mol. The lowest BCUT2D eigenvalue weighted by Crippen LogP contribution is -2.10. The third-order valence-electron chi connectivity index (χ3n) is 6.64. The average molecular weight is 576 g/mol. The van der Waals surface area contributed by atoms with E-state index in [0.717, 1.165) is 11.1 Å². The van der Waals surface area contributed by atoms with E-state index in [0.29, 0.717) is 53.1 Å². The van der Waals surface area contributed by atoms with Crippen LogP contribution in [0.2, 0.25) is 0 Å². The minimum atomic E-state index is -1.03. The van der Waals surface area contributed by atoms with Crippen LogP contribution in [-0.4, -0.2) is 39.9 Å². The summed E-state index contributed by atoms with van der Waals surface area (Å²) in [5.41, 5.74) is 3.36. The summed E-state index contributed by atoms with van der Waals surface area (Å²) in [6.07, 6.45) is 7.84. The zero-order valence-corrected chi connectivity index (χ0v) is 23.1. The molecule has 0 aliphatic heterocycles. The summed E-state index contributed by atoms with van der Waals surface area (Å²) in [4.78, 5) is 22.6. The van der Waals surface area contributed by atoms with Crippen LogP contribution < -0.4 is 9.47 Å². The van der Waals surface area contributed by atoms with E-state index in [1.54, 1.807) is 60.1 Å². The van der Waals surface area contributed by atoms with Crippen LogP contribution in [0.4, 0.5) is 8.78 Å². The number of carboxylic acids is 2. The van der Waals surface area contributed by atoms with E-state index in [4.69, 9.17) is 14.6 Å². The first-order valence-corrected chi connectivity index (χ1v) is 13.4. The Morgan fingerprint density at radius 1 is 0.857 bits per heavy atom. The molecular weight excluding hydrogens is 544 g/mol. The first kappa shape index (κ1) is 30.0. The van der Waals surface area contributed by atoms with Gasteiger partial charge in [-0.1, -0.05) is 30.4 Å². The minimum absolute atomic E-state index is 0.0336. The molecule has 0 fully saturated rings. The molecule has 0 radical (unpaired) electrons. The molecule has 4 aromatic rings. The molecule has 42 heavy (non-hydrogen) atoms. The van der Waals surface area contributed by atoms with Crippen LogP contribution in [-0.2, 0) is 22.6 Å². The highest BCUT2D eigenvalue weighted by atomic mass is 19.1. The molecule has 1 aromatic heterocycles. The molecule has 0 unspecified atom stereocenters. The van der Waals surface area contributed by atoms with Gasteiger partial charge < -0.3 is 24.3 Å². The first-order chi connectivity index (χ1) is 20.2. The Kier molecular flexibility index (Phi) is 10.1. The second-order valence-electron chi connectivity index (χ2n) is 9.64. The number of ether oxygens (including phenoxy) is 2. The Morgan fingerprint density at radius 3 is 2.24 bits per heavy atom. The standard InChI is InChI=1S/C33H31F2NO6/c1-22-29(8-5-9-31(37)38)30-20-26(35)18-24(33(30)36(22)21-32(39)40)13-10-23-11-14-27(15-12-23)41-16-2-3-17-42-28-7-4-6-25(34)19-28/h2-4,6-7,10-15,18-20H,5,8-9,16-17,21H2,1H3,(H,37,38)(H,39,40). The molecule has 218 valence electrons. The smallest absolute Gasteiger partial charge is 0.323 e. The summed E-state index contributed by atoms with van der Waals surface area (Å²) in [6, 6.07) is 16.0. The SMILES string of the molecule is Cc1c(CCCC(=O)O)c2cc(F)cc(C=Cc3ccc(OCC=CCOc4cccc(F)c4)cc3)c2n1CC(=O)O.